The molecule has 3 aromatic rings. The van der Waals surface area contributed by atoms with E-state index in [4.69, 9.17) is 9.26 Å². The molecule has 0 saturated carbocycles. The molecule has 0 amide bonds. The van der Waals surface area contributed by atoms with E-state index in [-0.39, 0.29) is 10.6 Å². The van der Waals surface area contributed by atoms with Gasteiger partial charge < -0.3 is 9.26 Å². The summed E-state index contributed by atoms with van der Waals surface area (Å²) in [5, 5.41) is 3.94. The van der Waals surface area contributed by atoms with Gasteiger partial charge in [0, 0.05) is 21.7 Å². The maximum atomic E-state index is 13.0. The summed E-state index contributed by atoms with van der Waals surface area (Å²) in [6, 6.07) is 12.1. The molecule has 0 atom stereocenters. The number of nitrogens with one attached hydrogen (secondary N) is 1. The van der Waals surface area contributed by atoms with Gasteiger partial charge in [0.15, 0.2) is 5.76 Å². The van der Waals surface area contributed by atoms with Gasteiger partial charge in [-0.05, 0) is 56.5 Å². The molecule has 6 nitrogen and oxygen atoms in total. The lowest BCUT2D eigenvalue weighted by Gasteiger charge is -2.13. The Morgan fingerprint density at radius 2 is 1.93 bits per heavy atom. The number of hydrogen-bond donors (Lipinski definition) is 1. The first-order valence-electron chi connectivity index (χ1n) is 8.14. The molecular formula is C19H20N2O4S2. The van der Waals surface area contributed by atoms with Crippen LogP contribution in [0.2, 0.25) is 0 Å². The fourth-order valence-corrected chi connectivity index (χ4v) is 4.31. The number of rotatable bonds is 6. The lowest BCUT2D eigenvalue weighted by atomic mass is 10.1. The molecule has 0 saturated heterocycles. The average molecular weight is 405 g/mol. The van der Waals surface area contributed by atoms with Crippen LogP contribution < -0.4 is 9.46 Å². The van der Waals surface area contributed by atoms with Crippen LogP contribution in [0.3, 0.4) is 0 Å². The number of aryl methyl sites for hydroxylation is 1. The van der Waals surface area contributed by atoms with Crippen molar-refractivity contribution < 1.29 is 17.7 Å². The van der Waals surface area contributed by atoms with Crippen LogP contribution in [0.25, 0.3) is 11.3 Å². The number of ether oxygens (including phenoxy) is 1. The standard InChI is InChI=1S/C19H20N2O4S2/c1-12-13(2)20-25-19(12)14-8-9-17(24-3)18(10-14)27(22,23)21-15-6-5-7-16(11-15)26-4/h5-11,21H,1-4H3. The van der Waals surface area contributed by atoms with Crippen LogP contribution >= 0.6 is 11.8 Å². The van der Waals surface area contributed by atoms with E-state index in [2.05, 4.69) is 9.88 Å². The Morgan fingerprint density at radius 3 is 2.56 bits per heavy atom. The first kappa shape index (κ1) is 19.3. The number of anilines is 1. The van der Waals surface area contributed by atoms with Crippen molar-refractivity contribution in [3.05, 3.63) is 53.7 Å². The molecular weight excluding hydrogens is 384 g/mol. The fourth-order valence-electron chi connectivity index (χ4n) is 2.61. The first-order chi connectivity index (χ1) is 12.9. The van der Waals surface area contributed by atoms with E-state index in [9.17, 15) is 8.42 Å². The second-order valence-corrected chi connectivity index (χ2v) is 8.46. The Labute approximate surface area is 163 Å². The van der Waals surface area contributed by atoms with E-state index in [1.54, 1.807) is 30.3 Å². The van der Waals surface area contributed by atoms with E-state index in [0.29, 0.717) is 17.0 Å². The molecule has 142 valence electrons. The summed E-state index contributed by atoms with van der Waals surface area (Å²) in [4.78, 5) is 0.995. The van der Waals surface area contributed by atoms with Gasteiger partial charge in [0.1, 0.15) is 10.6 Å². The van der Waals surface area contributed by atoms with Crippen molar-refractivity contribution in [1.29, 1.82) is 0 Å². The van der Waals surface area contributed by atoms with Crippen LogP contribution in [0.15, 0.2) is 56.8 Å². The second-order valence-electron chi connectivity index (χ2n) is 5.93. The summed E-state index contributed by atoms with van der Waals surface area (Å²) in [5.74, 6) is 0.789. The smallest absolute Gasteiger partial charge is 0.265 e. The predicted molar refractivity (Wildman–Crippen MR) is 107 cm³/mol. The zero-order chi connectivity index (χ0) is 19.6. The molecule has 0 aliphatic carbocycles. The van der Waals surface area contributed by atoms with E-state index < -0.39 is 10.0 Å². The van der Waals surface area contributed by atoms with Crippen molar-refractivity contribution in [1.82, 2.24) is 5.16 Å². The molecule has 2 aromatic carbocycles. The summed E-state index contributed by atoms with van der Waals surface area (Å²) in [6.45, 7) is 3.72. The molecule has 1 N–H and O–H groups in total. The van der Waals surface area contributed by atoms with Crippen LogP contribution in [-0.2, 0) is 10.0 Å². The third-order valence-corrected chi connectivity index (χ3v) is 6.32. The quantitative estimate of drug-likeness (QED) is 0.610. The van der Waals surface area contributed by atoms with E-state index in [1.807, 2.05) is 26.2 Å². The highest BCUT2D eigenvalue weighted by Crippen LogP contribution is 2.33. The van der Waals surface area contributed by atoms with Crippen LogP contribution in [-0.4, -0.2) is 26.9 Å². The summed E-state index contributed by atoms with van der Waals surface area (Å²) >= 11 is 1.54. The topological polar surface area (TPSA) is 81.4 Å². The monoisotopic (exact) mass is 404 g/mol. The molecule has 0 spiro atoms. The van der Waals surface area contributed by atoms with Gasteiger partial charge in [-0.1, -0.05) is 11.2 Å². The van der Waals surface area contributed by atoms with Crippen molar-refractivity contribution in [2.24, 2.45) is 0 Å². The first-order valence-corrected chi connectivity index (χ1v) is 10.8. The average Bonchev–Trinajstić information content (AvgIpc) is 3.00. The summed E-state index contributed by atoms with van der Waals surface area (Å²) in [5.41, 5.74) is 2.73. The van der Waals surface area contributed by atoms with E-state index in [0.717, 1.165) is 16.2 Å². The molecule has 0 aliphatic rings. The summed E-state index contributed by atoms with van der Waals surface area (Å²) in [6.07, 6.45) is 1.93. The SMILES string of the molecule is COc1ccc(-c2onc(C)c2C)cc1S(=O)(=O)Nc1cccc(SC)c1. The number of sulfonamides is 1. The van der Waals surface area contributed by atoms with Crippen LogP contribution in [0.1, 0.15) is 11.3 Å². The lowest BCUT2D eigenvalue weighted by molar-refractivity contribution is 0.402. The third kappa shape index (κ3) is 3.96. The van der Waals surface area contributed by atoms with Crippen LogP contribution in [0, 0.1) is 13.8 Å². The number of aromatic nitrogens is 1. The van der Waals surface area contributed by atoms with Crippen LogP contribution in [0.4, 0.5) is 5.69 Å². The van der Waals surface area contributed by atoms with Gasteiger partial charge in [0.05, 0.1) is 12.8 Å². The van der Waals surface area contributed by atoms with Crippen molar-refractivity contribution >= 4 is 27.5 Å². The Balaban J connectivity index is 2.05. The van der Waals surface area contributed by atoms with Crippen molar-refractivity contribution in [3.8, 4) is 17.1 Å². The lowest BCUT2D eigenvalue weighted by Crippen LogP contribution is -2.14. The van der Waals surface area contributed by atoms with Crippen molar-refractivity contribution in [2.45, 2.75) is 23.6 Å². The fraction of sp³-hybridized carbons (Fsp3) is 0.211. The van der Waals surface area contributed by atoms with E-state index >= 15 is 0 Å². The molecule has 3 rings (SSSR count). The molecule has 1 aromatic heterocycles. The van der Waals surface area contributed by atoms with Gasteiger partial charge in [-0.15, -0.1) is 11.8 Å². The normalized spacial score (nSPS) is 11.4. The Hall–Kier alpha value is -2.45. The predicted octanol–water partition coefficient (Wildman–Crippen LogP) is 4.49. The number of hydrogen-bond acceptors (Lipinski definition) is 6. The zero-order valence-electron chi connectivity index (χ0n) is 15.4. The van der Waals surface area contributed by atoms with Gasteiger partial charge in [0.2, 0.25) is 0 Å². The number of thioether (sulfide) groups is 1. The highest BCUT2D eigenvalue weighted by atomic mass is 32.2. The number of nitrogens with zero attached hydrogens (tertiary/aromatic N) is 1. The minimum absolute atomic E-state index is 0.0329. The molecule has 0 bridgehead atoms. The molecule has 27 heavy (non-hydrogen) atoms. The molecule has 0 unspecified atom stereocenters. The van der Waals surface area contributed by atoms with Gasteiger partial charge in [-0.3, -0.25) is 4.72 Å². The minimum atomic E-state index is -3.86. The maximum Gasteiger partial charge on any atom is 0.265 e. The van der Waals surface area contributed by atoms with Crippen molar-refractivity contribution in [3.63, 3.8) is 0 Å². The van der Waals surface area contributed by atoms with Gasteiger partial charge in [-0.25, -0.2) is 8.42 Å². The maximum absolute atomic E-state index is 13.0. The van der Waals surface area contributed by atoms with Gasteiger partial charge in [0.25, 0.3) is 10.0 Å². The minimum Gasteiger partial charge on any atom is -0.495 e. The van der Waals surface area contributed by atoms with E-state index in [1.165, 1.54) is 24.9 Å². The Morgan fingerprint density at radius 1 is 1.15 bits per heavy atom. The third-order valence-electron chi connectivity index (χ3n) is 4.19. The Bertz CT molecular complexity index is 1080. The molecule has 0 radical (unpaired) electrons. The number of methoxy groups -OCH3 is 1. The van der Waals surface area contributed by atoms with Gasteiger partial charge >= 0.3 is 0 Å². The van der Waals surface area contributed by atoms with Gasteiger partial charge in [-0.2, -0.15) is 0 Å². The van der Waals surface area contributed by atoms with Crippen LogP contribution in [0.5, 0.6) is 5.75 Å². The summed E-state index contributed by atoms with van der Waals surface area (Å²) in [7, 11) is -2.43. The molecule has 0 aliphatic heterocycles. The second kappa shape index (κ2) is 7.66. The summed E-state index contributed by atoms with van der Waals surface area (Å²) < 4.78 is 39.3. The molecule has 1 heterocycles. The molecule has 0 fully saturated rings. The largest absolute Gasteiger partial charge is 0.495 e. The molecule has 8 heteroatoms. The highest BCUT2D eigenvalue weighted by Gasteiger charge is 2.22. The Kier molecular flexibility index (Phi) is 5.48. The number of benzene rings is 2. The highest BCUT2D eigenvalue weighted by molar-refractivity contribution is 7.98. The zero-order valence-corrected chi connectivity index (χ0v) is 17.1. The van der Waals surface area contributed by atoms with Crippen molar-refractivity contribution in [2.75, 3.05) is 18.1 Å².